The van der Waals surface area contributed by atoms with Crippen molar-refractivity contribution in [2.24, 2.45) is 11.8 Å². The summed E-state index contributed by atoms with van der Waals surface area (Å²) in [4.78, 5) is 0. The van der Waals surface area contributed by atoms with Crippen molar-refractivity contribution in [3.05, 3.63) is 0 Å². The summed E-state index contributed by atoms with van der Waals surface area (Å²) in [6, 6.07) is 0. The molecule has 0 radical (unpaired) electrons. The van der Waals surface area contributed by atoms with Crippen molar-refractivity contribution in [2.45, 2.75) is 87.6 Å². The van der Waals surface area contributed by atoms with Gasteiger partial charge in [0.15, 0.2) is 0 Å². The van der Waals surface area contributed by atoms with E-state index in [0.29, 0.717) is 0 Å². The van der Waals surface area contributed by atoms with E-state index < -0.39 is 79.2 Å². The van der Waals surface area contributed by atoms with E-state index in [4.69, 9.17) is 4.74 Å². The molecular weight excluding hydrogens is 468 g/mol. The number of hydrogen-bond acceptors (Lipinski definition) is 3. The van der Waals surface area contributed by atoms with Crippen LogP contribution in [-0.4, -0.2) is 58.3 Å². The molecule has 1 aliphatic rings. The third-order valence-electron chi connectivity index (χ3n) is 5.57. The van der Waals surface area contributed by atoms with Gasteiger partial charge in [-0.25, -0.2) is 0 Å². The number of alkyl halides is 12. The molecule has 1 saturated carbocycles. The Bertz CT molecular complexity index is 533. The highest BCUT2D eigenvalue weighted by atomic mass is 19.4. The molecule has 3 nitrogen and oxygen atoms in total. The molecule has 0 heterocycles. The molecule has 2 N–H and O–H groups in total. The summed E-state index contributed by atoms with van der Waals surface area (Å²) in [6.45, 7) is 2.68. The van der Waals surface area contributed by atoms with Crippen molar-refractivity contribution in [3.63, 3.8) is 0 Å². The first-order valence-electron chi connectivity index (χ1n) is 8.91. The van der Waals surface area contributed by atoms with Gasteiger partial charge >= 0.3 is 24.7 Å². The largest absolute Gasteiger partial charge is 0.426 e. The zero-order chi connectivity index (χ0) is 24.8. The molecule has 3 atom stereocenters. The van der Waals surface area contributed by atoms with Crippen LogP contribution >= 0.6 is 0 Å². The van der Waals surface area contributed by atoms with E-state index in [1.807, 2.05) is 0 Å². The highest BCUT2D eigenvalue weighted by molar-refractivity contribution is 5.08. The van der Waals surface area contributed by atoms with Gasteiger partial charge in [-0.3, -0.25) is 0 Å². The molecule has 0 aromatic rings. The average Bonchev–Trinajstić information content (AvgIpc) is 2.55. The Hall–Kier alpha value is -0.960. The first-order valence-corrected chi connectivity index (χ1v) is 8.91. The van der Waals surface area contributed by atoms with Gasteiger partial charge in [-0.1, -0.05) is 6.92 Å². The summed E-state index contributed by atoms with van der Waals surface area (Å²) < 4.78 is 164. The van der Waals surface area contributed by atoms with E-state index in [1.54, 1.807) is 0 Å². The van der Waals surface area contributed by atoms with Crippen LogP contribution in [0.2, 0.25) is 0 Å². The maximum atomic E-state index is 13.2. The minimum Gasteiger partial charge on any atom is -0.375 e. The van der Waals surface area contributed by atoms with E-state index >= 15 is 0 Å². The predicted molar refractivity (Wildman–Crippen MR) is 79.6 cm³/mol. The fraction of sp³-hybridized carbons (Fsp3) is 1.00. The van der Waals surface area contributed by atoms with Gasteiger partial charge in [0.1, 0.15) is 0 Å². The Kier molecular flexibility index (Phi) is 7.64. The van der Waals surface area contributed by atoms with Crippen molar-refractivity contribution in [1.29, 1.82) is 0 Å². The molecule has 31 heavy (non-hydrogen) atoms. The van der Waals surface area contributed by atoms with Crippen molar-refractivity contribution < 1.29 is 67.6 Å². The predicted octanol–water partition coefficient (Wildman–Crippen LogP) is 5.30. The lowest BCUT2D eigenvalue weighted by molar-refractivity contribution is -0.406. The Morgan fingerprint density at radius 2 is 0.968 bits per heavy atom. The van der Waals surface area contributed by atoms with Crippen molar-refractivity contribution in [3.8, 4) is 0 Å². The number of halogens is 12. The lowest BCUT2D eigenvalue weighted by Crippen LogP contribution is -2.67. The van der Waals surface area contributed by atoms with Gasteiger partial charge in [-0.2, -0.15) is 52.7 Å². The summed E-state index contributed by atoms with van der Waals surface area (Å²) in [6.07, 6.45) is -33.5. The molecule has 1 fully saturated rings. The Balaban J connectivity index is 3.62. The monoisotopic (exact) mass is 488 g/mol. The lowest BCUT2D eigenvalue weighted by atomic mass is 9.65. The highest BCUT2D eigenvalue weighted by Crippen LogP contribution is 2.57. The summed E-state index contributed by atoms with van der Waals surface area (Å²) in [5.74, 6) is -6.40. The number of hydrogen-bond donors (Lipinski definition) is 2. The van der Waals surface area contributed by atoms with Gasteiger partial charge in [0.2, 0.25) is 0 Å². The molecular formula is C16H20F12O3. The summed E-state index contributed by atoms with van der Waals surface area (Å²) in [5, 5.41) is 19.1. The van der Waals surface area contributed by atoms with Gasteiger partial charge < -0.3 is 14.9 Å². The van der Waals surface area contributed by atoms with Gasteiger partial charge in [0.25, 0.3) is 11.2 Å². The highest BCUT2D eigenvalue weighted by Gasteiger charge is 2.78. The number of ether oxygens (including phenoxy) is 1. The molecule has 0 aliphatic heterocycles. The second-order valence-corrected chi connectivity index (χ2v) is 7.60. The second kappa shape index (κ2) is 8.43. The average molecular weight is 488 g/mol. The molecule has 0 aromatic heterocycles. The van der Waals surface area contributed by atoms with E-state index in [2.05, 4.69) is 0 Å². The molecule has 0 saturated heterocycles. The van der Waals surface area contributed by atoms with Crippen molar-refractivity contribution >= 4 is 0 Å². The Morgan fingerprint density at radius 3 is 1.19 bits per heavy atom. The fourth-order valence-corrected chi connectivity index (χ4v) is 3.73. The van der Waals surface area contributed by atoms with Crippen molar-refractivity contribution in [1.82, 2.24) is 0 Å². The normalized spacial score (nSPS) is 26.1. The minimum absolute atomic E-state index is 0.0808. The van der Waals surface area contributed by atoms with Crippen molar-refractivity contribution in [2.75, 3.05) is 0 Å². The minimum atomic E-state index is -6.48. The second-order valence-electron chi connectivity index (χ2n) is 7.60. The Labute approximate surface area is 168 Å². The standard InChI is InChI=1S/C16H20F12O3/c1-3-7(2)31-10-5-8(11(29,13(17,18)19)14(20,21)22)4-9(6-10)12(30,15(23,24)25)16(26,27)28/h7-10,29-30H,3-6H2,1-2H3. The van der Waals surface area contributed by atoms with Crippen LogP contribution < -0.4 is 0 Å². The summed E-state index contributed by atoms with van der Waals surface area (Å²) in [5.41, 5.74) is -11.2. The number of rotatable bonds is 5. The third kappa shape index (κ3) is 5.02. The SMILES string of the molecule is CCC(C)OC1CC(C(O)(C(F)(F)F)C(F)(F)F)CC(C(O)(C(F)(F)F)C(F)(F)F)C1. The lowest BCUT2D eigenvalue weighted by Gasteiger charge is -2.48. The molecule has 3 unspecified atom stereocenters. The molecule has 0 aromatic carbocycles. The molecule has 15 heteroatoms. The summed E-state index contributed by atoms with van der Waals surface area (Å²) >= 11 is 0. The molecule has 186 valence electrons. The maximum Gasteiger partial charge on any atom is 0.426 e. The Morgan fingerprint density at radius 1 is 0.677 bits per heavy atom. The van der Waals surface area contributed by atoms with E-state index in [0.717, 1.165) is 0 Å². The van der Waals surface area contributed by atoms with Crippen LogP contribution in [0, 0.1) is 11.8 Å². The summed E-state index contributed by atoms with van der Waals surface area (Å²) in [7, 11) is 0. The van der Waals surface area contributed by atoms with Gasteiger partial charge in [-0.05, 0) is 32.6 Å². The van der Waals surface area contributed by atoms with E-state index in [-0.39, 0.29) is 6.42 Å². The molecule has 0 bridgehead atoms. The van der Waals surface area contributed by atoms with E-state index in [1.165, 1.54) is 13.8 Å². The molecule has 0 amide bonds. The van der Waals surface area contributed by atoms with Crippen LogP contribution in [0.3, 0.4) is 0 Å². The molecule has 0 spiro atoms. The van der Waals surface area contributed by atoms with E-state index in [9.17, 15) is 62.9 Å². The van der Waals surface area contributed by atoms with Crippen LogP contribution in [0.4, 0.5) is 52.7 Å². The topological polar surface area (TPSA) is 49.7 Å². The first-order chi connectivity index (χ1) is 13.5. The zero-order valence-corrected chi connectivity index (χ0v) is 16.0. The van der Waals surface area contributed by atoms with Gasteiger partial charge in [0, 0.05) is 11.8 Å². The zero-order valence-electron chi connectivity index (χ0n) is 16.0. The van der Waals surface area contributed by atoms with Gasteiger partial charge in [-0.15, -0.1) is 0 Å². The smallest absolute Gasteiger partial charge is 0.375 e. The van der Waals surface area contributed by atoms with Crippen LogP contribution in [0.1, 0.15) is 39.5 Å². The third-order valence-corrected chi connectivity index (χ3v) is 5.57. The molecule has 1 rings (SSSR count). The molecule has 1 aliphatic carbocycles. The van der Waals surface area contributed by atoms with Crippen LogP contribution in [-0.2, 0) is 4.74 Å². The van der Waals surface area contributed by atoms with Crippen LogP contribution in [0.5, 0.6) is 0 Å². The first kappa shape index (κ1) is 28.1. The maximum absolute atomic E-state index is 13.2. The quantitative estimate of drug-likeness (QED) is 0.517. The van der Waals surface area contributed by atoms with Crippen LogP contribution in [0.25, 0.3) is 0 Å². The fourth-order valence-electron chi connectivity index (χ4n) is 3.73. The van der Waals surface area contributed by atoms with Gasteiger partial charge in [0.05, 0.1) is 12.2 Å². The van der Waals surface area contributed by atoms with Crippen LogP contribution in [0.15, 0.2) is 0 Å². The number of aliphatic hydroxyl groups is 2.